The van der Waals surface area contributed by atoms with Crippen molar-refractivity contribution >= 4 is 17.4 Å². The van der Waals surface area contributed by atoms with Crippen LogP contribution in [0.15, 0.2) is 47.4 Å². The monoisotopic (exact) mass is 249 g/mol. The van der Waals surface area contributed by atoms with Crippen LogP contribution in [0.4, 0.5) is 10.1 Å². The molecule has 0 unspecified atom stereocenters. The smallest absolute Gasteiger partial charge is 0.140 e. The van der Waals surface area contributed by atoms with Crippen molar-refractivity contribution in [2.24, 2.45) is 0 Å². The third-order valence-electron chi connectivity index (χ3n) is 2.19. The molecule has 4 heteroatoms. The first kappa shape index (κ1) is 11.8. The fraction of sp³-hybridized carbons (Fsp3) is 0.0769. The normalized spacial score (nSPS) is 10.2. The van der Waals surface area contributed by atoms with Gasteiger partial charge >= 0.3 is 0 Å². The van der Waals surface area contributed by atoms with E-state index in [1.54, 1.807) is 17.8 Å². The molecule has 88 valence electrons. The molecule has 0 saturated carbocycles. The molecule has 17 heavy (non-hydrogen) atoms. The highest BCUT2D eigenvalue weighted by atomic mass is 32.2. The topological polar surface area (TPSA) is 35.2 Å². The maximum atomic E-state index is 13.1. The van der Waals surface area contributed by atoms with E-state index in [0.717, 1.165) is 4.90 Å². The molecule has 0 fully saturated rings. The Kier molecular flexibility index (Phi) is 3.54. The lowest BCUT2D eigenvalue weighted by Gasteiger charge is -2.09. The maximum absolute atomic E-state index is 13.1. The lowest BCUT2D eigenvalue weighted by Crippen LogP contribution is -1.91. The van der Waals surface area contributed by atoms with Gasteiger partial charge in [0.2, 0.25) is 0 Å². The predicted octanol–water partition coefficient (Wildman–Crippen LogP) is 3.92. The van der Waals surface area contributed by atoms with Crippen molar-refractivity contribution in [2.45, 2.75) is 4.90 Å². The summed E-state index contributed by atoms with van der Waals surface area (Å²) in [5.41, 5.74) is 5.91. The van der Waals surface area contributed by atoms with Crippen LogP contribution in [0.2, 0.25) is 0 Å². The molecule has 2 rings (SSSR count). The van der Waals surface area contributed by atoms with Crippen LogP contribution in [0, 0.1) is 5.82 Å². The van der Waals surface area contributed by atoms with Crippen LogP contribution < -0.4 is 10.5 Å². The van der Waals surface area contributed by atoms with E-state index in [1.807, 2.05) is 30.5 Å². The quantitative estimate of drug-likeness (QED) is 0.661. The number of hydrogen-bond donors (Lipinski definition) is 1. The third kappa shape index (κ3) is 2.91. The minimum atomic E-state index is -0.401. The molecule has 0 aliphatic heterocycles. The van der Waals surface area contributed by atoms with Crippen LogP contribution in [0.25, 0.3) is 0 Å². The Labute approximate surface area is 104 Å². The number of anilines is 1. The second-order valence-corrected chi connectivity index (χ2v) is 4.32. The Bertz CT molecular complexity index is 510. The zero-order valence-electron chi connectivity index (χ0n) is 9.31. The number of hydrogen-bond acceptors (Lipinski definition) is 3. The number of halogens is 1. The van der Waals surface area contributed by atoms with Crippen LogP contribution >= 0.6 is 11.8 Å². The van der Waals surface area contributed by atoms with Crippen molar-refractivity contribution in [1.82, 2.24) is 0 Å². The van der Waals surface area contributed by atoms with E-state index < -0.39 is 5.82 Å². The van der Waals surface area contributed by atoms with Crippen LogP contribution in [-0.2, 0) is 0 Å². The molecule has 0 saturated heterocycles. The molecule has 2 aromatic carbocycles. The fourth-order valence-corrected chi connectivity index (χ4v) is 2.00. The van der Waals surface area contributed by atoms with E-state index in [-0.39, 0.29) is 0 Å². The fourth-order valence-electron chi connectivity index (χ4n) is 1.47. The van der Waals surface area contributed by atoms with Crippen molar-refractivity contribution in [3.63, 3.8) is 0 Å². The average Bonchev–Trinajstić information content (AvgIpc) is 2.28. The molecular weight excluding hydrogens is 237 g/mol. The highest BCUT2D eigenvalue weighted by molar-refractivity contribution is 7.98. The average molecular weight is 249 g/mol. The number of rotatable bonds is 3. The molecule has 0 aliphatic carbocycles. The van der Waals surface area contributed by atoms with Crippen LogP contribution in [0.5, 0.6) is 11.5 Å². The number of benzene rings is 2. The summed E-state index contributed by atoms with van der Waals surface area (Å²) < 4.78 is 18.8. The number of nitrogen functional groups attached to an aromatic ring is 1. The first-order valence-electron chi connectivity index (χ1n) is 5.06. The summed E-state index contributed by atoms with van der Waals surface area (Å²) in [5, 5.41) is 0. The summed E-state index contributed by atoms with van der Waals surface area (Å²) in [6.45, 7) is 0. The zero-order valence-corrected chi connectivity index (χ0v) is 10.1. The molecule has 2 N–H and O–H groups in total. The second-order valence-electron chi connectivity index (χ2n) is 3.47. The second kappa shape index (κ2) is 5.10. The molecule has 0 spiro atoms. The number of ether oxygens (including phenoxy) is 1. The van der Waals surface area contributed by atoms with Crippen molar-refractivity contribution in [3.05, 3.63) is 48.3 Å². The largest absolute Gasteiger partial charge is 0.456 e. The molecule has 2 nitrogen and oxygen atoms in total. The number of nitrogens with two attached hydrogens (primary N) is 1. The summed E-state index contributed by atoms with van der Waals surface area (Å²) in [5.74, 6) is 0.704. The molecule has 0 heterocycles. The minimum Gasteiger partial charge on any atom is -0.456 e. The van der Waals surface area contributed by atoms with E-state index in [1.165, 1.54) is 12.1 Å². The summed E-state index contributed by atoms with van der Waals surface area (Å²) in [7, 11) is 0. The van der Waals surface area contributed by atoms with E-state index in [0.29, 0.717) is 17.2 Å². The Hall–Kier alpha value is -1.68. The summed E-state index contributed by atoms with van der Waals surface area (Å²) >= 11 is 1.57. The van der Waals surface area contributed by atoms with Gasteiger partial charge in [0, 0.05) is 22.7 Å². The summed E-state index contributed by atoms with van der Waals surface area (Å²) in [6.07, 6.45) is 1.96. The Morgan fingerprint density at radius 1 is 1.18 bits per heavy atom. The van der Waals surface area contributed by atoms with Gasteiger partial charge in [-0.3, -0.25) is 0 Å². The standard InChI is InChI=1S/C13H12FNOS/c1-17-13-5-3-2-4-12(13)16-11-7-9(14)6-10(15)8-11/h2-8H,15H2,1H3. The lowest BCUT2D eigenvalue weighted by atomic mass is 10.3. The molecule has 0 aromatic heterocycles. The SMILES string of the molecule is CSc1ccccc1Oc1cc(N)cc(F)c1. The van der Waals surface area contributed by atoms with E-state index >= 15 is 0 Å². The van der Waals surface area contributed by atoms with Crippen molar-refractivity contribution in [2.75, 3.05) is 12.0 Å². The Morgan fingerprint density at radius 3 is 2.65 bits per heavy atom. The van der Waals surface area contributed by atoms with Gasteiger partial charge in [-0.15, -0.1) is 11.8 Å². The molecule has 0 radical (unpaired) electrons. The van der Waals surface area contributed by atoms with Gasteiger partial charge < -0.3 is 10.5 Å². The first-order valence-corrected chi connectivity index (χ1v) is 6.28. The molecule has 0 bridgehead atoms. The maximum Gasteiger partial charge on any atom is 0.140 e. The number of para-hydroxylation sites is 1. The van der Waals surface area contributed by atoms with Gasteiger partial charge in [0.05, 0.1) is 0 Å². The highest BCUT2D eigenvalue weighted by Gasteiger charge is 2.05. The van der Waals surface area contributed by atoms with E-state index in [9.17, 15) is 4.39 Å². The number of thioether (sulfide) groups is 1. The van der Waals surface area contributed by atoms with Crippen molar-refractivity contribution in [1.29, 1.82) is 0 Å². The Morgan fingerprint density at radius 2 is 1.94 bits per heavy atom. The van der Waals surface area contributed by atoms with Crippen molar-refractivity contribution in [3.8, 4) is 11.5 Å². The zero-order chi connectivity index (χ0) is 12.3. The molecule has 0 amide bonds. The van der Waals surface area contributed by atoms with E-state index in [2.05, 4.69) is 0 Å². The van der Waals surface area contributed by atoms with Crippen LogP contribution in [0.3, 0.4) is 0 Å². The molecule has 2 aromatic rings. The van der Waals surface area contributed by atoms with Gasteiger partial charge in [0.1, 0.15) is 17.3 Å². The minimum absolute atomic E-state index is 0.349. The predicted molar refractivity (Wildman–Crippen MR) is 69.1 cm³/mol. The molecular formula is C13H12FNOS. The van der Waals surface area contributed by atoms with Crippen molar-refractivity contribution < 1.29 is 9.13 Å². The van der Waals surface area contributed by atoms with Gasteiger partial charge in [-0.2, -0.15) is 0 Å². The van der Waals surface area contributed by atoms with Gasteiger partial charge in [-0.25, -0.2) is 4.39 Å². The third-order valence-corrected chi connectivity index (χ3v) is 2.97. The first-order chi connectivity index (χ1) is 8.19. The molecule has 0 atom stereocenters. The van der Waals surface area contributed by atoms with Gasteiger partial charge in [0.25, 0.3) is 0 Å². The van der Waals surface area contributed by atoms with E-state index in [4.69, 9.17) is 10.5 Å². The highest BCUT2D eigenvalue weighted by Crippen LogP contribution is 2.32. The lowest BCUT2D eigenvalue weighted by molar-refractivity contribution is 0.466. The summed E-state index contributed by atoms with van der Waals surface area (Å²) in [4.78, 5) is 0.996. The van der Waals surface area contributed by atoms with Gasteiger partial charge in [-0.05, 0) is 24.5 Å². The van der Waals surface area contributed by atoms with Crippen LogP contribution in [0.1, 0.15) is 0 Å². The Balaban J connectivity index is 2.31. The van der Waals surface area contributed by atoms with Gasteiger partial charge in [-0.1, -0.05) is 12.1 Å². The summed E-state index contributed by atoms with van der Waals surface area (Å²) in [6, 6.07) is 11.8. The van der Waals surface area contributed by atoms with Crippen LogP contribution in [-0.4, -0.2) is 6.26 Å². The van der Waals surface area contributed by atoms with Gasteiger partial charge in [0.15, 0.2) is 0 Å². The molecule has 0 aliphatic rings.